The smallest absolute Gasteiger partial charge is 0.287 e. The monoisotopic (exact) mass is 538 g/mol. The number of hydrogen-bond acceptors (Lipinski definition) is 7. The van der Waals surface area contributed by atoms with Crippen molar-refractivity contribution in [3.05, 3.63) is 72.6 Å². The molecule has 0 bridgehead atoms. The largest absolute Gasteiger partial charge is 0.451 e. The molecule has 1 aliphatic rings. The van der Waals surface area contributed by atoms with Crippen LogP contribution in [0.3, 0.4) is 0 Å². The lowest BCUT2D eigenvalue weighted by Gasteiger charge is -2.26. The van der Waals surface area contributed by atoms with Crippen molar-refractivity contribution in [2.24, 2.45) is 5.92 Å². The highest BCUT2D eigenvalue weighted by molar-refractivity contribution is 7.89. The van der Waals surface area contributed by atoms with E-state index in [0.29, 0.717) is 18.4 Å². The zero-order chi connectivity index (χ0) is 27.3. The van der Waals surface area contributed by atoms with E-state index in [1.807, 2.05) is 26.0 Å². The van der Waals surface area contributed by atoms with Crippen molar-refractivity contribution in [2.75, 3.05) is 13.1 Å². The molecular weight excluding hydrogens is 508 g/mol. The number of sulfonamides is 1. The van der Waals surface area contributed by atoms with E-state index in [1.54, 1.807) is 42.5 Å². The molecular formula is C27H30N4O6S. The zero-order valence-corrected chi connectivity index (χ0v) is 22.0. The first-order valence-corrected chi connectivity index (χ1v) is 13.8. The van der Waals surface area contributed by atoms with Gasteiger partial charge in [0.1, 0.15) is 17.7 Å². The molecule has 0 saturated carbocycles. The summed E-state index contributed by atoms with van der Waals surface area (Å²) in [7, 11) is -3.99. The minimum atomic E-state index is -3.99. The molecule has 1 unspecified atom stereocenters. The molecule has 200 valence electrons. The fourth-order valence-electron chi connectivity index (χ4n) is 4.16. The average Bonchev–Trinajstić information content (AvgIpc) is 3.32. The van der Waals surface area contributed by atoms with E-state index in [2.05, 4.69) is 15.6 Å². The second-order valence-electron chi connectivity index (χ2n) is 9.48. The Bertz CT molecular complexity index is 1420. The highest BCUT2D eigenvalue weighted by atomic mass is 32.2. The molecule has 2 atom stereocenters. The number of aromatic nitrogens is 1. The molecule has 38 heavy (non-hydrogen) atoms. The maximum Gasteiger partial charge on any atom is 0.287 e. The summed E-state index contributed by atoms with van der Waals surface area (Å²) in [6, 6.07) is 11.3. The first-order chi connectivity index (χ1) is 18.1. The highest BCUT2D eigenvalue weighted by Crippen LogP contribution is 2.19. The Balaban J connectivity index is 1.47. The molecule has 2 amide bonds. The molecule has 2 N–H and O–H groups in total. The maximum absolute atomic E-state index is 13.2. The summed E-state index contributed by atoms with van der Waals surface area (Å²) in [5.74, 6) is -1.46. The van der Waals surface area contributed by atoms with Gasteiger partial charge in [-0.15, -0.1) is 0 Å². The van der Waals surface area contributed by atoms with E-state index < -0.39 is 46.2 Å². The number of para-hydroxylation sites is 1. The van der Waals surface area contributed by atoms with Crippen molar-refractivity contribution in [3.8, 4) is 0 Å². The number of hydrogen-bond donors (Lipinski definition) is 2. The number of benzene rings is 1. The van der Waals surface area contributed by atoms with Crippen LogP contribution in [0.4, 0.5) is 0 Å². The summed E-state index contributed by atoms with van der Waals surface area (Å²) >= 11 is 0. The third-order valence-electron chi connectivity index (χ3n) is 6.07. The minimum absolute atomic E-state index is 0.0595. The number of amides is 2. The van der Waals surface area contributed by atoms with Gasteiger partial charge in [0.2, 0.25) is 5.91 Å². The van der Waals surface area contributed by atoms with Gasteiger partial charge in [-0.1, -0.05) is 50.3 Å². The standard InChI is InChI=1S/C27H30N4O6S/c1-18(2)15-21(30-27(34)24-16-19-9-3-4-11-23(19)37-24)26(33)29-20-10-6-8-14-31(17-22(20)32)38(35,36)25-12-5-7-13-28-25/h3-7,9-13,16,18,20-21H,8,14-15,17H2,1-2H3,(H,29,33)(H,30,34)/b10-6-/t20?,21-/m0/s1. The number of pyridine rings is 1. The van der Waals surface area contributed by atoms with Crippen LogP contribution >= 0.6 is 0 Å². The van der Waals surface area contributed by atoms with Gasteiger partial charge >= 0.3 is 0 Å². The lowest BCUT2D eigenvalue weighted by atomic mass is 10.0. The third kappa shape index (κ3) is 6.35. The van der Waals surface area contributed by atoms with Gasteiger partial charge in [0.25, 0.3) is 15.9 Å². The number of nitrogens with zero attached hydrogens (tertiary/aromatic N) is 2. The normalized spacial score (nSPS) is 18.5. The van der Waals surface area contributed by atoms with E-state index in [0.717, 1.165) is 9.69 Å². The van der Waals surface area contributed by atoms with Crippen molar-refractivity contribution in [1.29, 1.82) is 0 Å². The zero-order valence-electron chi connectivity index (χ0n) is 21.2. The van der Waals surface area contributed by atoms with Crippen molar-refractivity contribution >= 4 is 38.6 Å². The molecule has 0 aliphatic carbocycles. The number of furan rings is 1. The maximum atomic E-state index is 13.2. The van der Waals surface area contributed by atoms with Gasteiger partial charge in [-0.2, -0.15) is 4.31 Å². The first-order valence-electron chi connectivity index (χ1n) is 12.4. The number of Topliss-reactive ketones (excluding diaryl/α,β-unsaturated/α-hetero) is 1. The first kappa shape index (κ1) is 27.2. The second kappa shape index (κ2) is 11.7. The van der Waals surface area contributed by atoms with Gasteiger partial charge in [0.05, 0.1) is 6.54 Å². The van der Waals surface area contributed by atoms with Crippen LogP contribution in [0.25, 0.3) is 11.0 Å². The van der Waals surface area contributed by atoms with E-state index in [4.69, 9.17) is 4.42 Å². The van der Waals surface area contributed by atoms with Crippen molar-refractivity contribution in [3.63, 3.8) is 0 Å². The van der Waals surface area contributed by atoms with Crippen LogP contribution in [0.2, 0.25) is 0 Å². The molecule has 10 nitrogen and oxygen atoms in total. The Hall–Kier alpha value is -3.83. The minimum Gasteiger partial charge on any atom is -0.451 e. The molecule has 0 radical (unpaired) electrons. The Morgan fingerprint density at radius 2 is 1.92 bits per heavy atom. The highest BCUT2D eigenvalue weighted by Gasteiger charge is 2.32. The Labute approximate surface area is 221 Å². The molecule has 1 aliphatic heterocycles. The van der Waals surface area contributed by atoms with Gasteiger partial charge in [0, 0.05) is 18.1 Å². The fourth-order valence-corrected chi connectivity index (χ4v) is 5.51. The van der Waals surface area contributed by atoms with Gasteiger partial charge in [0.15, 0.2) is 16.6 Å². The second-order valence-corrected chi connectivity index (χ2v) is 11.4. The summed E-state index contributed by atoms with van der Waals surface area (Å²) in [6.07, 6.45) is 5.26. The van der Waals surface area contributed by atoms with E-state index in [9.17, 15) is 22.8 Å². The van der Waals surface area contributed by atoms with Crippen LogP contribution in [0.15, 0.2) is 76.3 Å². The average molecular weight is 539 g/mol. The number of rotatable bonds is 8. The van der Waals surface area contributed by atoms with Gasteiger partial charge in [-0.3, -0.25) is 14.4 Å². The van der Waals surface area contributed by atoms with E-state index in [-0.39, 0.29) is 23.2 Å². The molecule has 11 heteroatoms. The summed E-state index contributed by atoms with van der Waals surface area (Å²) < 4.78 is 32.7. The van der Waals surface area contributed by atoms with Crippen molar-refractivity contribution < 1.29 is 27.2 Å². The Kier molecular flexibility index (Phi) is 8.38. The van der Waals surface area contributed by atoms with Gasteiger partial charge < -0.3 is 15.1 Å². The molecule has 0 saturated heterocycles. The van der Waals surface area contributed by atoms with Gasteiger partial charge in [-0.05, 0) is 43.0 Å². The summed E-state index contributed by atoms with van der Waals surface area (Å²) in [6.45, 7) is 3.50. The number of ketones is 1. The predicted molar refractivity (Wildman–Crippen MR) is 141 cm³/mol. The van der Waals surface area contributed by atoms with E-state index in [1.165, 1.54) is 12.3 Å². The fraction of sp³-hybridized carbons (Fsp3) is 0.333. The summed E-state index contributed by atoms with van der Waals surface area (Å²) in [5.41, 5.74) is 0.554. The summed E-state index contributed by atoms with van der Waals surface area (Å²) in [4.78, 5) is 43.2. The summed E-state index contributed by atoms with van der Waals surface area (Å²) in [5, 5.41) is 6.01. The molecule has 4 rings (SSSR count). The number of nitrogens with one attached hydrogen (secondary N) is 2. The predicted octanol–water partition coefficient (Wildman–Crippen LogP) is 2.68. The molecule has 3 heterocycles. The molecule has 2 aromatic heterocycles. The van der Waals surface area contributed by atoms with Crippen LogP contribution < -0.4 is 10.6 Å². The van der Waals surface area contributed by atoms with Crippen LogP contribution in [0.5, 0.6) is 0 Å². The molecule has 3 aromatic rings. The quantitative estimate of drug-likeness (QED) is 0.421. The lowest BCUT2D eigenvalue weighted by molar-refractivity contribution is -0.128. The topological polar surface area (TPSA) is 139 Å². The Morgan fingerprint density at radius 3 is 2.63 bits per heavy atom. The van der Waals surface area contributed by atoms with Crippen LogP contribution in [0, 0.1) is 5.92 Å². The third-order valence-corrected chi connectivity index (χ3v) is 7.83. The lowest BCUT2D eigenvalue weighted by Crippen LogP contribution is -2.53. The molecule has 1 aromatic carbocycles. The van der Waals surface area contributed by atoms with Gasteiger partial charge in [-0.25, -0.2) is 13.4 Å². The number of carbonyl (C=O) groups is 3. The molecule has 0 spiro atoms. The van der Waals surface area contributed by atoms with Crippen molar-refractivity contribution in [2.45, 2.75) is 43.8 Å². The van der Waals surface area contributed by atoms with Crippen molar-refractivity contribution in [1.82, 2.24) is 19.9 Å². The SMILES string of the molecule is CC(C)C[C@H](NC(=O)c1cc2ccccc2o1)C(=O)NC1/C=C\CCN(S(=O)(=O)c2ccccn2)CC1=O. The molecule has 0 fully saturated rings. The number of carbonyl (C=O) groups excluding carboxylic acids is 3. The van der Waals surface area contributed by atoms with Crippen LogP contribution in [0.1, 0.15) is 37.2 Å². The van der Waals surface area contributed by atoms with Crippen LogP contribution in [-0.2, 0) is 19.6 Å². The Morgan fingerprint density at radius 1 is 1.16 bits per heavy atom. The van der Waals surface area contributed by atoms with Crippen LogP contribution in [-0.4, -0.2) is 60.5 Å². The van der Waals surface area contributed by atoms with E-state index >= 15 is 0 Å². The number of fused-ring (bicyclic) bond motifs is 1.